The molecule has 0 aliphatic rings. The molecule has 172 valence electrons. The Kier molecular flexibility index (Phi) is 7.41. The normalized spacial score (nSPS) is 10.4. The minimum atomic E-state index is -0.628. The summed E-state index contributed by atoms with van der Waals surface area (Å²) in [5, 5.41) is 19.6. The standard InChI is InChI=1S/C20H18ClN5O7/c1-31-15-6-3-11(9-16(15)32-2)17-24-20(33-25-17)19(28)23-8-7-22-18(27)13-5-4-12(26(29)30)10-14(13)21/h3-6,9-10H,7-8H2,1-2H3,(H,22,27)(H,23,28). The van der Waals surface area contributed by atoms with E-state index < -0.39 is 16.7 Å². The number of ether oxygens (including phenoxy) is 2. The van der Waals surface area contributed by atoms with Crippen molar-refractivity contribution in [2.24, 2.45) is 0 Å². The van der Waals surface area contributed by atoms with E-state index in [0.717, 1.165) is 6.07 Å². The molecule has 0 radical (unpaired) electrons. The van der Waals surface area contributed by atoms with Crippen LogP contribution in [0, 0.1) is 10.1 Å². The molecule has 0 fully saturated rings. The fraction of sp³-hybridized carbons (Fsp3) is 0.200. The summed E-state index contributed by atoms with van der Waals surface area (Å²) in [7, 11) is 3.00. The molecule has 2 N–H and O–H groups in total. The Bertz CT molecular complexity index is 1200. The minimum absolute atomic E-state index is 0.0562. The molecule has 0 bridgehead atoms. The van der Waals surface area contributed by atoms with Crippen molar-refractivity contribution in [3.8, 4) is 22.9 Å². The largest absolute Gasteiger partial charge is 0.493 e. The Balaban J connectivity index is 1.53. The number of aromatic nitrogens is 2. The molecule has 1 heterocycles. The van der Waals surface area contributed by atoms with Crippen molar-refractivity contribution in [1.29, 1.82) is 0 Å². The summed E-state index contributed by atoms with van der Waals surface area (Å²) < 4.78 is 15.4. The van der Waals surface area contributed by atoms with Crippen molar-refractivity contribution in [2.75, 3.05) is 27.3 Å². The number of hydrogen-bond donors (Lipinski definition) is 2. The Morgan fingerprint density at radius 2 is 1.76 bits per heavy atom. The fourth-order valence-electron chi connectivity index (χ4n) is 2.73. The second kappa shape index (κ2) is 10.4. The smallest absolute Gasteiger partial charge is 0.316 e. The molecule has 13 heteroatoms. The molecule has 0 saturated carbocycles. The number of non-ortho nitro benzene ring substituents is 1. The summed E-state index contributed by atoms with van der Waals surface area (Å²) in [4.78, 5) is 38.6. The molecule has 2 amide bonds. The molecule has 0 aliphatic heterocycles. The number of nitrogens with one attached hydrogen (secondary N) is 2. The zero-order valence-corrected chi connectivity index (χ0v) is 18.2. The molecular formula is C20H18ClN5O7. The van der Waals surface area contributed by atoms with E-state index in [2.05, 4.69) is 20.8 Å². The Morgan fingerprint density at radius 1 is 1.06 bits per heavy atom. The van der Waals surface area contributed by atoms with Crippen LogP contribution in [-0.4, -0.2) is 54.2 Å². The third-order valence-electron chi connectivity index (χ3n) is 4.37. The van der Waals surface area contributed by atoms with Gasteiger partial charge in [-0.05, 0) is 24.3 Å². The van der Waals surface area contributed by atoms with Crippen LogP contribution < -0.4 is 20.1 Å². The maximum absolute atomic E-state index is 12.2. The minimum Gasteiger partial charge on any atom is -0.493 e. The molecule has 0 spiro atoms. The number of halogens is 1. The van der Waals surface area contributed by atoms with E-state index in [1.165, 1.54) is 26.4 Å². The van der Waals surface area contributed by atoms with E-state index in [9.17, 15) is 19.7 Å². The van der Waals surface area contributed by atoms with Gasteiger partial charge in [-0.25, -0.2) is 0 Å². The first kappa shape index (κ1) is 23.5. The van der Waals surface area contributed by atoms with Gasteiger partial charge < -0.3 is 24.6 Å². The molecule has 2 aromatic carbocycles. The van der Waals surface area contributed by atoms with Crippen LogP contribution in [0.25, 0.3) is 11.4 Å². The Morgan fingerprint density at radius 3 is 2.39 bits per heavy atom. The number of rotatable bonds is 9. The highest BCUT2D eigenvalue weighted by atomic mass is 35.5. The Hall–Kier alpha value is -4.19. The zero-order chi connectivity index (χ0) is 24.0. The summed E-state index contributed by atoms with van der Waals surface area (Å²) in [6.45, 7) is 0.123. The molecule has 12 nitrogen and oxygen atoms in total. The van der Waals surface area contributed by atoms with Crippen LogP contribution in [0.5, 0.6) is 11.5 Å². The number of carbonyl (C=O) groups excluding carboxylic acids is 2. The van der Waals surface area contributed by atoms with Crippen molar-refractivity contribution in [3.63, 3.8) is 0 Å². The van der Waals surface area contributed by atoms with E-state index in [1.54, 1.807) is 18.2 Å². The van der Waals surface area contributed by atoms with Crippen LogP contribution in [0.4, 0.5) is 5.69 Å². The lowest BCUT2D eigenvalue weighted by molar-refractivity contribution is -0.384. The predicted molar refractivity (Wildman–Crippen MR) is 116 cm³/mol. The maximum atomic E-state index is 12.2. The Labute approximate surface area is 192 Å². The first-order chi connectivity index (χ1) is 15.8. The SMILES string of the molecule is COc1ccc(-c2noc(C(=O)NCCNC(=O)c3ccc([N+](=O)[O-])cc3Cl)n2)cc1OC. The van der Waals surface area contributed by atoms with E-state index in [1.807, 2.05) is 0 Å². The zero-order valence-electron chi connectivity index (χ0n) is 17.5. The summed E-state index contributed by atoms with van der Waals surface area (Å²) in [6.07, 6.45) is 0. The molecule has 0 unspecified atom stereocenters. The summed E-state index contributed by atoms with van der Waals surface area (Å²) in [5.74, 6) is -0.254. The summed E-state index contributed by atoms with van der Waals surface area (Å²) in [6, 6.07) is 8.52. The molecular weight excluding hydrogens is 458 g/mol. The molecule has 0 aliphatic carbocycles. The maximum Gasteiger partial charge on any atom is 0.316 e. The van der Waals surface area contributed by atoms with Crippen LogP contribution in [0.15, 0.2) is 40.9 Å². The van der Waals surface area contributed by atoms with Crippen molar-refractivity contribution >= 4 is 29.1 Å². The van der Waals surface area contributed by atoms with E-state index >= 15 is 0 Å². The lowest BCUT2D eigenvalue weighted by Gasteiger charge is -2.07. The van der Waals surface area contributed by atoms with Gasteiger partial charge in [-0.1, -0.05) is 16.8 Å². The highest BCUT2D eigenvalue weighted by Gasteiger charge is 2.18. The van der Waals surface area contributed by atoms with Crippen molar-refractivity contribution in [3.05, 3.63) is 63.0 Å². The van der Waals surface area contributed by atoms with Gasteiger partial charge in [-0.15, -0.1) is 0 Å². The van der Waals surface area contributed by atoms with Gasteiger partial charge in [0.25, 0.3) is 11.6 Å². The van der Waals surface area contributed by atoms with Crippen molar-refractivity contribution in [2.45, 2.75) is 0 Å². The first-order valence-electron chi connectivity index (χ1n) is 9.40. The molecule has 1 aromatic heterocycles. The average Bonchev–Trinajstić information content (AvgIpc) is 3.31. The topological polar surface area (TPSA) is 159 Å². The number of benzene rings is 2. The van der Waals surface area contributed by atoms with Gasteiger partial charge in [0.2, 0.25) is 5.82 Å². The predicted octanol–water partition coefficient (Wildman–Crippen LogP) is 2.48. The van der Waals surface area contributed by atoms with E-state index in [0.29, 0.717) is 17.1 Å². The van der Waals surface area contributed by atoms with Gasteiger partial charge in [-0.3, -0.25) is 19.7 Å². The molecule has 3 rings (SSSR count). The van der Waals surface area contributed by atoms with Gasteiger partial charge in [0.05, 0.1) is 29.7 Å². The third kappa shape index (κ3) is 5.54. The van der Waals surface area contributed by atoms with Crippen LogP contribution in [0.3, 0.4) is 0 Å². The first-order valence-corrected chi connectivity index (χ1v) is 9.78. The van der Waals surface area contributed by atoms with Crippen LogP contribution in [-0.2, 0) is 0 Å². The number of nitro benzene ring substituents is 1. The van der Waals surface area contributed by atoms with Gasteiger partial charge in [0.1, 0.15) is 0 Å². The summed E-state index contributed by atoms with van der Waals surface area (Å²) in [5.41, 5.74) is 0.406. The number of nitro groups is 1. The van der Waals surface area contributed by atoms with Crippen LogP contribution in [0.2, 0.25) is 5.02 Å². The van der Waals surface area contributed by atoms with E-state index in [-0.39, 0.29) is 41.1 Å². The van der Waals surface area contributed by atoms with Crippen molar-refractivity contribution in [1.82, 2.24) is 20.8 Å². The second-order valence-electron chi connectivity index (χ2n) is 6.43. The van der Waals surface area contributed by atoms with Gasteiger partial charge >= 0.3 is 11.8 Å². The van der Waals surface area contributed by atoms with E-state index in [4.69, 9.17) is 25.6 Å². The molecule has 3 aromatic rings. The average molecular weight is 476 g/mol. The quantitative estimate of drug-likeness (QED) is 0.269. The lowest BCUT2D eigenvalue weighted by atomic mass is 10.2. The number of methoxy groups -OCH3 is 2. The monoisotopic (exact) mass is 475 g/mol. The second-order valence-corrected chi connectivity index (χ2v) is 6.83. The lowest BCUT2D eigenvalue weighted by Crippen LogP contribution is -2.34. The number of amides is 2. The number of nitrogens with zero attached hydrogens (tertiary/aromatic N) is 3. The van der Waals surface area contributed by atoms with Crippen LogP contribution >= 0.6 is 11.6 Å². The fourth-order valence-corrected chi connectivity index (χ4v) is 2.99. The van der Waals surface area contributed by atoms with Gasteiger partial charge in [0, 0.05) is 30.8 Å². The molecule has 33 heavy (non-hydrogen) atoms. The number of hydrogen-bond acceptors (Lipinski definition) is 9. The molecule has 0 saturated heterocycles. The van der Waals surface area contributed by atoms with Crippen LogP contribution in [0.1, 0.15) is 21.0 Å². The number of carbonyl (C=O) groups is 2. The summed E-state index contributed by atoms with van der Waals surface area (Å²) >= 11 is 5.92. The molecule has 0 atom stereocenters. The highest BCUT2D eigenvalue weighted by molar-refractivity contribution is 6.34. The third-order valence-corrected chi connectivity index (χ3v) is 4.68. The van der Waals surface area contributed by atoms with Gasteiger partial charge in [-0.2, -0.15) is 4.98 Å². The van der Waals surface area contributed by atoms with Gasteiger partial charge in [0.15, 0.2) is 11.5 Å². The van der Waals surface area contributed by atoms with Crippen molar-refractivity contribution < 1.29 is 28.5 Å². The highest BCUT2D eigenvalue weighted by Crippen LogP contribution is 2.31.